The molecule has 0 aliphatic rings. The van der Waals surface area contributed by atoms with Crippen LogP contribution in [0.2, 0.25) is 0 Å². The summed E-state index contributed by atoms with van der Waals surface area (Å²) in [5, 5.41) is 4.69. The second-order valence-corrected chi connectivity index (χ2v) is 5.42. The number of rotatable bonds is 5. The van der Waals surface area contributed by atoms with Crippen molar-refractivity contribution in [1.29, 1.82) is 0 Å². The van der Waals surface area contributed by atoms with Crippen LogP contribution in [0, 0.1) is 0 Å². The summed E-state index contributed by atoms with van der Waals surface area (Å²) in [7, 11) is 1.24. The minimum atomic E-state index is -4.53. The molecule has 0 radical (unpaired) electrons. The molecule has 142 valence electrons. The van der Waals surface area contributed by atoms with Gasteiger partial charge in [0, 0.05) is 11.4 Å². The largest absolute Gasteiger partial charge is 0.465 e. The molecule has 9 heteroatoms. The zero-order chi connectivity index (χ0) is 20.0. The number of halogens is 3. The number of methoxy groups -OCH3 is 1. The maximum atomic E-state index is 12.7. The predicted molar refractivity (Wildman–Crippen MR) is 91.1 cm³/mol. The summed E-state index contributed by atoms with van der Waals surface area (Å²) in [5.41, 5.74) is -0.335. The first kappa shape index (κ1) is 20.0. The summed E-state index contributed by atoms with van der Waals surface area (Å²) < 4.78 is 42.5. The number of hydrogen-bond acceptors (Lipinski definition) is 4. The van der Waals surface area contributed by atoms with E-state index in [0.29, 0.717) is 5.69 Å². The summed E-state index contributed by atoms with van der Waals surface area (Å²) in [6.07, 6.45) is -5.12. The van der Waals surface area contributed by atoms with Gasteiger partial charge < -0.3 is 15.4 Å². The Morgan fingerprint density at radius 3 is 2.07 bits per heavy atom. The molecule has 0 atom stereocenters. The Bertz CT molecular complexity index is 848. The highest BCUT2D eigenvalue weighted by molar-refractivity contribution is 6.08. The molecule has 0 spiro atoms. The standard InChI is InChI=1S/C18H15F3N2O4/c1-27-17(26)11-5-7-13(8-6-11)22-15(24)10-16(25)23-14-4-2-3-12(9-14)18(19,20)21/h2-9H,10H2,1H3,(H,22,24)(H,23,25). The first-order valence-corrected chi connectivity index (χ1v) is 7.64. The highest BCUT2D eigenvalue weighted by Gasteiger charge is 2.30. The van der Waals surface area contributed by atoms with Gasteiger partial charge in [0.1, 0.15) is 6.42 Å². The van der Waals surface area contributed by atoms with Gasteiger partial charge in [-0.05, 0) is 42.5 Å². The van der Waals surface area contributed by atoms with Crippen LogP contribution in [-0.2, 0) is 20.5 Å². The Morgan fingerprint density at radius 2 is 1.52 bits per heavy atom. The lowest BCUT2D eigenvalue weighted by Crippen LogP contribution is -2.21. The molecule has 2 N–H and O–H groups in total. The third-order valence-corrected chi connectivity index (χ3v) is 3.38. The quantitative estimate of drug-likeness (QED) is 0.615. The third kappa shape index (κ3) is 5.84. The fraction of sp³-hybridized carbons (Fsp3) is 0.167. The van der Waals surface area contributed by atoms with E-state index in [-0.39, 0.29) is 11.3 Å². The monoisotopic (exact) mass is 380 g/mol. The minimum Gasteiger partial charge on any atom is -0.465 e. The third-order valence-electron chi connectivity index (χ3n) is 3.38. The summed E-state index contributed by atoms with van der Waals surface area (Å²) >= 11 is 0. The lowest BCUT2D eigenvalue weighted by atomic mass is 10.2. The number of carbonyl (C=O) groups excluding carboxylic acids is 3. The maximum absolute atomic E-state index is 12.7. The van der Waals surface area contributed by atoms with Crippen molar-refractivity contribution < 1.29 is 32.3 Å². The van der Waals surface area contributed by atoms with E-state index in [9.17, 15) is 27.6 Å². The number of anilines is 2. The van der Waals surface area contributed by atoms with E-state index in [1.54, 1.807) is 0 Å². The molecule has 0 saturated carbocycles. The summed E-state index contributed by atoms with van der Waals surface area (Å²) in [5.74, 6) is -1.96. The van der Waals surface area contributed by atoms with E-state index < -0.39 is 35.9 Å². The number of esters is 1. The average molecular weight is 380 g/mol. The summed E-state index contributed by atoms with van der Waals surface area (Å²) in [4.78, 5) is 35.0. The van der Waals surface area contributed by atoms with Crippen LogP contribution in [-0.4, -0.2) is 24.9 Å². The molecule has 0 aliphatic carbocycles. The van der Waals surface area contributed by atoms with Crippen molar-refractivity contribution in [1.82, 2.24) is 0 Å². The van der Waals surface area contributed by atoms with E-state index >= 15 is 0 Å². The summed E-state index contributed by atoms with van der Waals surface area (Å²) in [6, 6.07) is 9.87. The Morgan fingerprint density at radius 1 is 0.926 bits per heavy atom. The number of amides is 2. The van der Waals surface area contributed by atoms with E-state index in [4.69, 9.17) is 0 Å². The molecule has 0 aromatic heterocycles. The number of hydrogen-bond donors (Lipinski definition) is 2. The molecule has 2 amide bonds. The van der Waals surface area contributed by atoms with Crippen molar-refractivity contribution in [2.45, 2.75) is 12.6 Å². The van der Waals surface area contributed by atoms with Crippen LogP contribution in [0.5, 0.6) is 0 Å². The fourth-order valence-electron chi connectivity index (χ4n) is 2.14. The van der Waals surface area contributed by atoms with Crippen LogP contribution in [0.4, 0.5) is 24.5 Å². The van der Waals surface area contributed by atoms with Gasteiger partial charge in [-0.15, -0.1) is 0 Å². The minimum absolute atomic E-state index is 0.0648. The van der Waals surface area contributed by atoms with Crippen molar-refractivity contribution >= 4 is 29.2 Å². The second-order valence-electron chi connectivity index (χ2n) is 5.42. The van der Waals surface area contributed by atoms with Gasteiger partial charge in [0.2, 0.25) is 11.8 Å². The van der Waals surface area contributed by atoms with Crippen molar-refractivity contribution in [3.63, 3.8) is 0 Å². The van der Waals surface area contributed by atoms with Crippen LogP contribution in [0.15, 0.2) is 48.5 Å². The molecule has 0 unspecified atom stereocenters. The Balaban J connectivity index is 1.92. The molecular formula is C18H15F3N2O4. The first-order valence-electron chi connectivity index (χ1n) is 7.64. The first-order chi connectivity index (χ1) is 12.7. The smallest absolute Gasteiger partial charge is 0.416 e. The molecule has 0 fully saturated rings. The van der Waals surface area contributed by atoms with Gasteiger partial charge in [0.15, 0.2) is 0 Å². The molecule has 0 aliphatic heterocycles. The molecule has 2 aromatic rings. The Hall–Kier alpha value is -3.36. The number of alkyl halides is 3. The topological polar surface area (TPSA) is 84.5 Å². The SMILES string of the molecule is COC(=O)c1ccc(NC(=O)CC(=O)Nc2cccc(C(F)(F)F)c2)cc1. The molecule has 0 heterocycles. The molecular weight excluding hydrogens is 365 g/mol. The van der Waals surface area contributed by atoms with Crippen molar-refractivity contribution in [3.8, 4) is 0 Å². The highest BCUT2D eigenvalue weighted by Crippen LogP contribution is 2.30. The lowest BCUT2D eigenvalue weighted by Gasteiger charge is -2.10. The maximum Gasteiger partial charge on any atom is 0.416 e. The molecule has 2 rings (SSSR count). The van der Waals surface area contributed by atoms with Gasteiger partial charge in [-0.25, -0.2) is 4.79 Å². The van der Waals surface area contributed by atoms with Gasteiger partial charge in [-0.1, -0.05) is 6.07 Å². The van der Waals surface area contributed by atoms with Crippen LogP contribution in [0.3, 0.4) is 0 Å². The molecule has 0 saturated heterocycles. The zero-order valence-electron chi connectivity index (χ0n) is 14.1. The second kappa shape index (κ2) is 8.35. The normalized spacial score (nSPS) is 10.8. The number of nitrogens with one attached hydrogen (secondary N) is 2. The van der Waals surface area contributed by atoms with E-state index in [2.05, 4.69) is 15.4 Å². The van der Waals surface area contributed by atoms with E-state index in [1.807, 2.05) is 0 Å². The fourth-order valence-corrected chi connectivity index (χ4v) is 2.14. The highest BCUT2D eigenvalue weighted by atomic mass is 19.4. The molecule has 27 heavy (non-hydrogen) atoms. The van der Waals surface area contributed by atoms with Gasteiger partial charge in [0.25, 0.3) is 0 Å². The molecule has 2 aromatic carbocycles. The van der Waals surface area contributed by atoms with Crippen molar-refractivity contribution in [2.75, 3.05) is 17.7 Å². The van der Waals surface area contributed by atoms with Gasteiger partial charge in [-0.2, -0.15) is 13.2 Å². The molecule has 6 nitrogen and oxygen atoms in total. The van der Waals surface area contributed by atoms with Gasteiger partial charge in [0.05, 0.1) is 18.2 Å². The number of carbonyl (C=O) groups is 3. The lowest BCUT2D eigenvalue weighted by molar-refractivity contribution is -0.137. The number of ether oxygens (including phenoxy) is 1. The van der Waals surface area contributed by atoms with Crippen molar-refractivity contribution in [3.05, 3.63) is 59.7 Å². The molecule has 0 bridgehead atoms. The van der Waals surface area contributed by atoms with E-state index in [0.717, 1.165) is 18.2 Å². The predicted octanol–water partition coefficient (Wildman–Crippen LogP) is 3.46. The number of benzene rings is 2. The van der Waals surface area contributed by atoms with Crippen molar-refractivity contribution in [2.24, 2.45) is 0 Å². The Labute approximate surface area is 152 Å². The van der Waals surface area contributed by atoms with Crippen LogP contribution in [0.1, 0.15) is 22.3 Å². The Kier molecular flexibility index (Phi) is 6.17. The van der Waals surface area contributed by atoms with Crippen LogP contribution < -0.4 is 10.6 Å². The van der Waals surface area contributed by atoms with Crippen LogP contribution in [0.25, 0.3) is 0 Å². The summed E-state index contributed by atoms with van der Waals surface area (Å²) in [6.45, 7) is 0. The average Bonchev–Trinajstić information content (AvgIpc) is 2.61. The van der Waals surface area contributed by atoms with E-state index in [1.165, 1.54) is 37.4 Å². The zero-order valence-corrected chi connectivity index (χ0v) is 14.1. The van der Waals surface area contributed by atoms with Crippen LogP contribution >= 0.6 is 0 Å². The van der Waals surface area contributed by atoms with Gasteiger partial charge in [-0.3, -0.25) is 9.59 Å². The van der Waals surface area contributed by atoms with Gasteiger partial charge >= 0.3 is 12.1 Å².